The van der Waals surface area contributed by atoms with Crippen LogP contribution in [-0.2, 0) is 28.7 Å². The van der Waals surface area contributed by atoms with Crippen LogP contribution in [0.3, 0.4) is 0 Å². The van der Waals surface area contributed by atoms with E-state index >= 15 is 0 Å². The minimum absolute atomic E-state index is 0.00408. The molecule has 0 aliphatic rings. The van der Waals surface area contributed by atoms with Crippen molar-refractivity contribution in [3.63, 3.8) is 0 Å². The van der Waals surface area contributed by atoms with Gasteiger partial charge in [0.1, 0.15) is 0 Å². The first-order chi connectivity index (χ1) is 12.8. The molecule has 0 saturated carbocycles. The summed E-state index contributed by atoms with van der Waals surface area (Å²) in [6.45, 7) is 1.84. The normalized spacial score (nSPS) is 11.1. The fourth-order valence-electron chi connectivity index (χ4n) is 2.53. The minimum Gasteiger partial charge on any atom is -0.466 e. The molecule has 0 radical (unpaired) electrons. The van der Waals surface area contributed by atoms with Gasteiger partial charge in [0.25, 0.3) is 5.91 Å². The molecule has 0 heterocycles. The molecule has 0 aliphatic carbocycles. The van der Waals surface area contributed by atoms with Crippen molar-refractivity contribution in [3.05, 3.63) is 70.8 Å². The summed E-state index contributed by atoms with van der Waals surface area (Å²) >= 11 is 0. The Hall–Kier alpha value is -2.83. The summed E-state index contributed by atoms with van der Waals surface area (Å²) in [5.41, 5.74) is 0.436. The van der Waals surface area contributed by atoms with E-state index in [2.05, 4.69) is 5.32 Å². The first-order valence-corrected chi connectivity index (χ1v) is 8.49. The lowest BCUT2D eigenvalue weighted by molar-refractivity contribution is -0.143. The van der Waals surface area contributed by atoms with E-state index in [0.29, 0.717) is 18.6 Å². The molecule has 2 aromatic rings. The number of benzene rings is 2. The summed E-state index contributed by atoms with van der Waals surface area (Å²) in [6, 6.07) is 11.7. The summed E-state index contributed by atoms with van der Waals surface area (Å²) in [7, 11) is 0. The molecule has 0 aromatic heterocycles. The van der Waals surface area contributed by atoms with Gasteiger partial charge in [-0.15, -0.1) is 0 Å². The molecular formula is C20H20F3NO3. The van der Waals surface area contributed by atoms with Crippen molar-refractivity contribution in [2.75, 3.05) is 6.61 Å². The van der Waals surface area contributed by atoms with Crippen LogP contribution in [0.25, 0.3) is 0 Å². The molecule has 0 saturated heterocycles. The molecular weight excluding hydrogens is 359 g/mol. The molecule has 2 aromatic carbocycles. The van der Waals surface area contributed by atoms with Crippen LogP contribution in [0.5, 0.6) is 0 Å². The van der Waals surface area contributed by atoms with Crippen molar-refractivity contribution in [1.82, 2.24) is 5.32 Å². The van der Waals surface area contributed by atoms with Crippen molar-refractivity contribution in [1.29, 1.82) is 0 Å². The van der Waals surface area contributed by atoms with E-state index in [1.807, 2.05) is 0 Å². The number of hydrogen-bond acceptors (Lipinski definition) is 3. The van der Waals surface area contributed by atoms with Crippen molar-refractivity contribution < 1.29 is 27.5 Å². The number of halogens is 3. The molecule has 1 amide bonds. The maximum Gasteiger partial charge on any atom is 0.416 e. The molecule has 144 valence electrons. The van der Waals surface area contributed by atoms with Crippen LogP contribution in [0.2, 0.25) is 0 Å². The van der Waals surface area contributed by atoms with Crippen LogP contribution in [0, 0.1) is 0 Å². The standard InChI is InChI=1S/C20H20F3NO3/c1-2-27-18(25)12-9-14-7-10-15(11-8-14)19(26)24-13-16-5-3-4-6-17(16)20(21,22)23/h3-8,10-11H,2,9,12-13H2,1H3,(H,24,26). The third kappa shape index (κ3) is 6.13. The van der Waals surface area contributed by atoms with Gasteiger partial charge in [-0.3, -0.25) is 9.59 Å². The highest BCUT2D eigenvalue weighted by atomic mass is 19.4. The second kappa shape index (κ2) is 9.21. The van der Waals surface area contributed by atoms with Gasteiger partial charge < -0.3 is 10.1 Å². The highest BCUT2D eigenvalue weighted by molar-refractivity contribution is 5.94. The number of hydrogen-bond donors (Lipinski definition) is 1. The van der Waals surface area contributed by atoms with Gasteiger partial charge in [0.15, 0.2) is 0 Å². The number of aryl methyl sites for hydroxylation is 1. The first kappa shape index (κ1) is 20.5. The largest absolute Gasteiger partial charge is 0.466 e. The Balaban J connectivity index is 1.94. The molecule has 0 spiro atoms. The number of ether oxygens (including phenoxy) is 1. The molecule has 4 nitrogen and oxygen atoms in total. The van der Waals surface area contributed by atoms with Crippen LogP contribution in [0.4, 0.5) is 13.2 Å². The highest BCUT2D eigenvalue weighted by Gasteiger charge is 2.32. The Bertz CT molecular complexity index is 786. The number of carbonyl (C=O) groups is 2. The molecule has 0 bridgehead atoms. The second-order valence-electron chi connectivity index (χ2n) is 5.84. The second-order valence-corrected chi connectivity index (χ2v) is 5.84. The van der Waals surface area contributed by atoms with E-state index in [-0.39, 0.29) is 24.5 Å². The molecule has 7 heteroatoms. The first-order valence-electron chi connectivity index (χ1n) is 8.49. The van der Waals surface area contributed by atoms with Crippen LogP contribution >= 0.6 is 0 Å². The van der Waals surface area contributed by atoms with Crippen molar-refractivity contribution in [3.8, 4) is 0 Å². The zero-order chi connectivity index (χ0) is 19.9. The van der Waals surface area contributed by atoms with Gasteiger partial charge in [-0.25, -0.2) is 0 Å². The summed E-state index contributed by atoms with van der Waals surface area (Å²) in [5, 5.41) is 2.50. The van der Waals surface area contributed by atoms with E-state index in [1.54, 1.807) is 31.2 Å². The fraction of sp³-hybridized carbons (Fsp3) is 0.300. The smallest absolute Gasteiger partial charge is 0.416 e. The van der Waals surface area contributed by atoms with Crippen LogP contribution in [-0.4, -0.2) is 18.5 Å². The van der Waals surface area contributed by atoms with Gasteiger partial charge in [-0.05, 0) is 42.7 Å². The number of rotatable bonds is 7. The Morgan fingerprint density at radius 3 is 2.33 bits per heavy atom. The molecule has 1 N–H and O–H groups in total. The van der Waals surface area contributed by atoms with E-state index in [1.165, 1.54) is 18.2 Å². The fourth-order valence-corrected chi connectivity index (χ4v) is 2.53. The monoisotopic (exact) mass is 379 g/mol. The maximum atomic E-state index is 13.0. The predicted molar refractivity (Wildman–Crippen MR) is 94.0 cm³/mol. The zero-order valence-electron chi connectivity index (χ0n) is 14.8. The average Bonchev–Trinajstić information content (AvgIpc) is 2.64. The van der Waals surface area contributed by atoms with Crippen molar-refractivity contribution >= 4 is 11.9 Å². The van der Waals surface area contributed by atoms with Gasteiger partial charge >= 0.3 is 12.1 Å². The molecule has 0 aliphatic heterocycles. The lowest BCUT2D eigenvalue weighted by Crippen LogP contribution is -2.24. The SMILES string of the molecule is CCOC(=O)CCc1ccc(C(=O)NCc2ccccc2C(F)(F)F)cc1. The Kier molecular flexibility index (Phi) is 6.98. The van der Waals surface area contributed by atoms with E-state index in [0.717, 1.165) is 11.6 Å². The molecule has 2 rings (SSSR count). The summed E-state index contributed by atoms with van der Waals surface area (Å²) in [6.07, 6.45) is -3.74. The Morgan fingerprint density at radius 1 is 1.04 bits per heavy atom. The number of alkyl halides is 3. The van der Waals surface area contributed by atoms with Gasteiger partial charge in [-0.2, -0.15) is 13.2 Å². The van der Waals surface area contributed by atoms with Gasteiger partial charge in [0.2, 0.25) is 0 Å². The summed E-state index contributed by atoms with van der Waals surface area (Å²) < 4.78 is 43.8. The topological polar surface area (TPSA) is 55.4 Å². The quantitative estimate of drug-likeness (QED) is 0.736. The van der Waals surface area contributed by atoms with Crippen molar-refractivity contribution in [2.24, 2.45) is 0 Å². The van der Waals surface area contributed by atoms with E-state index in [4.69, 9.17) is 4.74 Å². The van der Waals surface area contributed by atoms with Crippen LogP contribution < -0.4 is 5.32 Å². The number of carbonyl (C=O) groups excluding carboxylic acids is 2. The lowest BCUT2D eigenvalue weighted by Gasteiger charge is -2.13. The number of nitrogens with one attached hydrogen (secondary N) is 1. The van der Waals surface area contributed by atoms with Crippen molar-refractivity contribution in [2.45, 2.75) is 32.5 Å². The van der Waals surface area contributed by atoms with E-state index in [9.17, 15) is 22.8 Å². The average molecular weight is 379 g/mol. The minimum atomic E-state index is -4.47. The molecule has 0 unspecified atom stereocenters. The molecule has 0 atom stereocenters. The lowest BCUT2D eigenvalue weighted by atomic mass is 10.1. The van der Waals surface area contributed by atoms with Crippen LogP contribution in [0.1, 0.15) is 40.4 Å². The predicted octanol–water partition coefficient (Wildman–Crippen LogP) is 4.13. The third-order valence-electron chi connectivity index (χ3n) is 3.90. The number of amides is 1. The maximum absolute atomic E-state index is 13.0. The Labute approximate surface area is 155 Å². The Morgan fingerprint density at radius 2 is 1.70 bits per heavy atom. The zero-order valence-corrected chi connectivity index (χ0v) is 14.8. The molecule has 27 heavy (non-hydrogen) atoms. The van der Waals surface area contributed by atoms with E-state index < -0.39 is 17.6 Å². The molecule has 0 fully saturated rings. The van der Waals surface area contributed by atoms with Gasteiger partial charge in [-0.1, -0.05) is 30.3 Å². The summed E-state index contributed by atoms with van der Waals surface area (Å²) in [4.78, 5) is 23.5. The van der Waals surface area contributed by atoms with Crippen LogP contribution in [0.15, 0.2) is 48.5 Å². The highest BCUT2D eigenvalue weighted by Crippen LogP contribution is 2.31. The number of esters is 1. The van der Waals surface area contributed by atoms with Gasteiger partial charge in [0, 0.05) is 18.5 Å². The van der Waals surface area contributed by atoms with Gasteiger partial charge in [0.05, 0.1) is 12.2 Å². The summed E-state index contributed by atoms with van der Waals surface area (Å²) in [5.74, 6) is -0.758. The third-order valence-corrected chi connectivity index (χ3v) is 3.90.